The molecule has 0 bridgehead atoms. The molecule has 1 aromatic rings. The summed E-state index contributed by atoms with van der Waals surface area (Å²) in [7, 11) is 4.11. The highest BCUT2D eigenvalue weighted by Crippen LogP contribution is 2.17. The maximum atomic E-state index is 12.5. The van der Waals surface area contributed by atoms with Crippen molar-refractivity contribution in [2.24, 2.45) is 0 Å². The summed E-state index contributed by atoms with van der Waals surface area (Å²) in [6.45, 7) is 1.12. The van der Waals surface area contributed by atoms with Gasteiger partial charge in [-0.2, -0.15) is 5.26 Å². The number of hydrogen-bond acceptors (Lipinski definition) is 3. The molecule has 0 aliphatic heterocycles. The Kier molecular flexibility index (Phi) is 7.42. The van der Waals surface area contributed by atoms with Crippen molar-refractivity contribution in [3.63, 3.8) is 0 Å². The Morgan fingerprint density at radius 1 is 1.35 bits per heavy atom. The van der Waals surface area contributed by atoms with Gasteiger partial charge in [-0.05, 0) is 14.1 Å². The molecule has 0 heterocycles. The lowest BCUT2D eigenvalue weighted by Gasteiger charge is -2.03. The maximum Gasteiger partial charge on any atom is 0.147 e. The summed E-state index contributed by atoms with van der Waals surface area (Å²) in [6, 6.07) is 2.69. The molecule has 0 radical (unpaired) electrons. The van der Waals surface area contributed by atoms with Crippen LogP contribution in [0.4, 0.5) is 8.78 Å². The molecule has 0 saturated heterocycles. The van der Waals surface area contributed by atoms with E-state index in [-0.39, 0.29) is 0 Å². The fraction of sp³-hybridized carbons (Fsp3) is 0.364. The third-order valence-corrected chi connectivity index (χ3v) is 2.03. The van der Waals surface area contributed by atoms with Crippen molar-refractivity contribution in [3.05, 3.63) is 29.3 Å². The first-order chi connectivity index (χ1) is 7.92. The summed E-state index contributed by atoms with van der Waals surface area (Å²) in [5, 5.41) is 17.9. The molecule has 0 amide bonds. The Hall–Kier alpha value is -1.19. The van der Waals surface area contributed by atoms with Gasteiger partial charge in [0.2, 0.25) is 0 Å². The Morgan fingerprint density at radius 2 is 1.82 bits per heavy atom. The highest BCUT2D eigenvalue weighted by Gasteiger charge is 2.09. The number of benzene rings is 1. The first kappa shape index (κ1) is 15.8. The first-order valence-electron chi connectivity index (χ1n) is 4.71. The second-order valence-electron chi connectivity index (χ2n) is 3.39. The van der Waals surface area contributed by atoms with Gasteiger partial charge in [0.05, 0.1) is 0 Å². The van der Waals surface area contributed by atoms with Crippen LogP contribution in [-0.4, -0.2) is 36.0 Å². The molecule has 0 saturated carbocycles. The van der Waals surface area contributed by atoms with E-state index in [2.05, 4.69) is 34.9 Å². The number of phenolic OH excluding ortho intramolecular Hbond substituents is 1. The molecule has 17 heavy (non-hydrogen) atoms. The van der Waals surface area contributed by atoms with E-state index in [1.54, 1.807) is 0 Å². The summed E-state index contributed by atoms with van der Waals surface area (Å²) < 4.78 is 25.0. The Morgan fingerprint density at radius 3 is 2.06 bits per heavy atom. The van der Waals surface area contributed by atoms with Crippen molar-refractivity contribution < 1.29 is 13.9 Å². The van der Waals surface area contributed by atoms with Crippen molar-refractivity contribution >= 4 is 15.9 Å². The van der Waals surface area contributed by atoms with Crippen molar-refractivity contribution in [3.8, 4) is 11.8 Å². The lowest BCUT2D eigenvalue weighted by molar-refractivity contribution is 0.438. The molecule has 0 atom stereocenters. The first-order valence-corrected chi connectivity index (χ1v) is 5.83. The largest absolute Gasteiger partial charge is 0.508 e. The summed E-state index contributed by atoms with van der Waals surface area (Å²) >= 11 is 3.31. The van der Waals surface area contributed by atoms with Gasteiger partial charge in [-0.3, -0.25) is 0 Å². The molecule has 0 aromatic heterocycles. The molecule has 0 unspecified atom stereocenters. The molecule has 0 aliphatic carbocycles. The number of nitriles is 1. The molecular formula is C11H13BrF2N2O. The number of rotatable bonds is 2. The molecule has 1 aromatic carbocycles. The van der Waals surface area contributed by atoms with Gasteiger partial charge in [0.1, 0.15) is 29.0 Å². The summed E-state index contributed by atoms with van der Waals surface area (Å²) in [5.74, 6) is -2.63. The van der Waals surface area contributed by atoms with E-state index in [4.69, 9.17) is 10.4 Å². The second kappa shape index (κ2) is 7.98. The van der Waals surface area contributed by atoms with E-state index in [1.807, 2.05) is 0 Å². The second-order valence-corrected chi connectivity index (χ2v) is 4.18. The lowest BCUT2D eigenvalue weighted by atomic mass is 10.2. The number of aromatic hydroxyl groups is 1. The molecule has 94 valence electrons. The fourth-order valence-corrected chi connectivity index (χ4v) is 1.54. The molecule has 1 N–H and O–H groups in total. The van der Waals surface area contributed by atoms with Crippen molar-refractivity contribution in [2.75, 3.05) is 26.0 Å². The van der Waals surface area contributed by atoms with Crippen LogP contribution in [0.3, 0.4) is 0 Å². The van der Waals surface area contributed by atoms with Crippen molar-refractivity contribution in [1.82, 2.24) is 4.90 Å². The van der Waals surface area contributed by atoms with Crippen LogP contribution < -0.4 is 0 Å². The fourth-order valence-electron chi connectivity index (χ4n) is 0.836. The minimum absolute atomic E-state index is 0.529. The van der Waals surface area contributed by atoms with Crippen LogP contribution >= 0.6 is 15.9 Å². The Balaban J connectivity index is 0.000000366. The van der Waals surface area contributed by atoms with Crippen LogP contribution in [0, 0.1) is 23.0 Å². The van der Waals surface area contributed by atoms with Gasteiger partial charge in [0.15, 0.2) is 0 Å². The summed E-state index contributed by atoms with van der Waals surface area (Å²) in [6.07, 6.45) is 0. The standard InChI is InChI=1S/C7H3F2NO.C4H10BrN/c8-6-1-4(11)2-7(9)5(6)3-10;1-6(2)4-3-5/h1-2,11H;3-4H2,1-2H3. The SMILES string of the molecule is CN(C)CCBr.N#Cc1c(F)cc(O)cc1F. The number of alkyl halides is 1. The zero-order chi connectivity index (χ0) is 13.4. The van der Waals surface area contributed by atoms with E-state index in [0.717, 1.165) is 11.9 Å². The van der Waals surface area contributed by atoms with Crippen LogP contribution in [0.2, 0.25) is 0 Å². The molecule has 0 fully saturated rings. The van der Waals surface area contributed by atoms with Crippen LogP contribution in [0.1, 0.15) is 5.56 Å². The summed E-state index contributed by atoms with van der Waals surface area (Å²) in [4.78, 5) is 2.13. The van der Waals surface area contributed by atoms with Crippen LogP contribution in [0.15, 0.2) is 12.1 Å². The molecule has 0 aliphatic rings. The highest BCUT2D eigenvalue weighted by molar-refractivity contribution is 9.09. The molecular weight excluding hydrogens is 294 g/mol. The van der Waals surface area contributed by atoms with E-state index in [1.165, 1.54) is 6.07 Å². The predicted octanol–water partition coefficient (Wildman–Crippen LogP) is 2.48. The smallest absolute Gasteiger partial charge is 0.147 e. The van der Waals surface area contributed by atoms with Crippen molar-refractivity contribution in [1.29, 1.82) is 5.26 Å². The van der Waals surface area contributed by atoms with Gasteiger partial charge in [0.25, 0.3) is 0 Å². The third kappa shape index (κ3) is 6.19. The van der Waals surface area contributed by atoms with Crippen molar-refractivity contribution in [2.45, 2.75) is 0 Å². The van der Waals surface area contributed by atoms with E-state index >= 15 is 0 Å². The zero-order valence-electron chi connectivity index (χ0n) is 9.54. The number of phenols is 1. The monoisotopic (exact) mass is 306 g/mol. The Labute approximate surface area is 107 Å². The predicted molar refractivity (Wildman–Crippen MR) is 65.1 cm³/mol. The molecule has 3 nitrogen and oxygen atoms in total. The normalized spacial score (nSPS) is 9.47. The summed E-state index contributed by atoms with van der Waals surface area (Å²) in [5.41, 5.74) is -0.678. The van der Waals surface area contributed by atoms with E-state index in [9.17, 15) is 8.78 Å². The van der Waals surface area contributed by atoms with Crippen LogP contribution in [-0.2, 0) is 0 Å². The lowest BCUT2D eigenvalue weighted by Crippen LogP contribution is -2.13. The third-order valence-electron chi connectivity index (χ3n) is 1.67. The quantitative estimate of drug-likeness (QED) is 0.854. The zero-order valence-corrected chi connectivity index (χ0v) is 11.1. The highest BCUT2D eigenvalue weighted by atomic mass is 79.9. The maximum absolute atomic E-state index is 12.5. The van der Waals surface area contributed by atoms with Gasteiger partial charge < -0.3 is 10.0 Å². The molecule has 6 heteroatoms. The minimum atomic E-state index is -1.05. The van der Waals surface area contributed by atoms with Gasteiger partial charge in [-0.25, -0.2) is 8.78 Å². The van der Waals surface area contributed by atoms with Gasteiger partial charge in [0, 0.05) is 24.0 Å². The minimum Gasteiger partial charge on any atom is -0.508 e. The number of hydrogen-bond donors (Lipinski definition) is 1. The number of nitrogens with zero attached hydrogens (tertiary/aromatic N) is 2. The molecule has 1 rings (SSSR count). The van der Waals surface area contributed by atoms with Crippen LogP contribution in [0.5, 0.6) is 5.75 Å². The Bertz CT molecular complexity index is 382. The topological polar surface area (TPSA) is 47.3 Å². The van der Waals surface area contributed by atoms with E-state index < -0.39 is 22.9 Å². The number of halogens is 3. The van der Waals surface area contributed by atoms with Gasteiger partial charge >= 0.3 is 0 Å². The average Bonchev–Trinajstić information content (AvgIpc) is 2.17. The molecule has 0 spiro atoms. The van der Waals surface area contributed by atoms with Gasteiger partial charge in [-0.1, -0.05) is 15.9 Å². The van der Waals surface area contributed by atoms with Crippen LogP contribution in [0.25, 0.3) is 0 Å². The van der Waals surface area contributed by atoms with E-state index in [0.29, 0.717) is 12.1 Å². The average molecular weight is 307 g/mol. The van der Waals surface area contributed by atoms with Gasteiger partial charge in [-0.15, -0.1) is 0 Å².